The summed E-state index contributed by atoms with van der Waals surface area (Å²) in [5.41, 5.74) is 5.55. The lowest BCUT2D eigenvalue weighted by atomic mass is 10.2. The number of nitrogens with zero attached hydrogens (tertiary/aromatic N) is 4. The molecular formula is C15H11F3N6O2. The van der Waals surface area contributed by atoms with Crippen LogP contribution in [-0.2, 0) is 6.18 Å². The Morgan fingerprint density at radius 2 is 1.88 bits per heavy atom. The molecular weight excluding hydrogens is 353 g/mol. The molecule has 0 spiro atoms. The van der Waals surface area contributed by atoms with Crippen LogP contribution in [0, 0.1) is 0 Å². The van der Waals surface area contributed by atoms with Crippen molar-refractivity contribution in [2.45, 2.75) is 6.18 Å². The van der Waals surface area contributed by atoms with Crippen molar-refractivity contribution in [1.82, 2.24) is 15.0 Å². The van der Waals surface area contributed by atoms with Crippen molar-refractivity contribution in [3.8, 4) is 11.5 Å². The predicted molar refractivity (Wildman–Crippen MR) is 84.8 cm³/mol. The molecule has 4 N–H and O–H groups in total. The zero-order valence-electron chi connectivity index (χ0n) is 12.9. The summed E-state index contributed by atoms with van der Waals surface area (Å²) in [6.07, 6.45) is -0.993. The zero-order chi connectivity index (χ0) is 18.7. The smallest absolute Gasteiger partial charge is 0.417 e. The number of rotatable bonds is 4. The van der Waals surface area contributed by atoms with Gasteiger partial charge in [-0.05, 0) is 24.3 Å². The van der Waals surface area contributed by atoms with Crippen LogP contribution in [0.3, 0.4) is 0 Å². The Hall–Kier alpha value is -3.63. The van der Waals surface area contributed by atoms with Crippen molar-refractivity contribution in [3.63, 3.8) is 0 Å². The van der Waals surface area contributed by atoms with E-state index in [1.54, 1.807) is 6.07 Å². The number of halogens is 3. The molecule has 3 aromatic heterocycles. The number of nitrogens with one attached hydrogen (secondary N) is 1. The van der Waals surface area contributed by atoms with E-state index < -0.39 is 11.7 Å². The van der Waals surface area contributed by atoms with E-state index in [0.29, 0.717) is 5.69 Å². The summed E-state index contributed by atoms with van der Waals surface area (Å²) in [6.45, 7) is 0. The van der Waals surface area contributed by atoms with Crippen molar-refractivity contribution >= 4 is 17.5 Å². The van der Waals surface area contributed by atoms with Crippen molar-refractivity contribution in [2.24, 2.45) is 10.9 Å². The lowest BCUT2D eigenvalue weighted by molar-refractivity contribution is -0.137. The molecule has 0 fully saturated rings. The molecule has 26 heavy (non-hydrogen) atoms. The first-order valence-electron chi connectivity index (χ1n) is 7.07. The highest BCUT2D eigenvalue weighted by molar-refractivity contribution is 5.95. The summed E-state index contributed by atoms with van der Waals surface area (Å²) in [7, 11) is 0. The van der Waals surface area contributed by atoms with Crippen LogP contribution in [0.15, 0.2) is 52.4 Å². The first-order valence-corrected chi connectivity index (χ1v) is 7.07. The first-order chi connectivity index (χ1) is 12.4. The van der Waals surface area contributed by atoms with Gasteiger partial charge in [-0.15, -0.1) is 0 Å². The SMILES string of the molecule is N/C(=N\O)c1ccc(Nc2ncc(-c3ccc(C(F)(F)F)cn3)o2)cn1. The van der Waals surface area contributed by atoms with Gasteiger partial charge in [0.2, 0.25) is 0 Å². The Morgan fingerprint density at radius 3 is 2.46 bits per heavy atom. The zero-order valence-corrected chi connectivity index (χ0v) is 12.9. The second-order valence-electron chi connectivity index (χ2n) is 5.00. The number of nitrogens with two attached hydrogens (primary N) is 1. The van der Waals surface area contributed by atoms with E-state index in [2.05, 4.69) is 25.4 Å². The van der Waals surface area contributed by atoms with Crippen LogP contribution < -0.4 is 11.1 Å². The van der Waals surface area contributed by atoms with Crippen LogP contribution in [0.5, 0.6) is 0 Å². The second-order valence-corrected chi connectivity index (χ2v) is 5.00. The van der Waals surface area contributed by atoms with Gasteiger partial charge in [0.05, 0.1) is 23.6 Å². The second kappa shape index (κ2) is 6.70. The number of hydrogen-bond acceptors (Lipinski definition) is 7. The van der Waals surface area contributed by atoms with Crippen molar-refractivity contribution in [3.05, 3.63) is 54.1 Å². The summed E-state index contributed by atoms with van der Waals surface area (Å²) in [5, 5.41) is 14.2. The number of pyridine rings is 2. The molecule has 0 aliphatic carbocycles. The number of hydrogen-bond donors (Lipinski definition) is 3. The fourth-order valence-corrected chi connectivity index (χ4v) is 1.95. The van der Waals surface area contributed by atoms with Crippen LogP contribution >= 0.6 is 0 Å². The van der Waals surface area contributed by atoms with Gasteiger partial charge < -0.3 is 20.7 Å². The maximum absolute atomic E-state index is 12.5. The number of amidine groups is 1. The Kier molecular flexibility index (Phi) is 4.43. The lowest BCUT2D eigenvalue weighted by Crippen LogP contribution is -2.14. The van der Waals surface area contributed by atoms with E-state index in [0.717, 1.165) is 12.3 Å². The van der Waals surface area contributed by atoms with E-state index in [9.17, 15) is 13.2 Å². The molecule has 134 valence electrons. The van der Waals surface area contributed by atoms with Crippen molar-refractivity contribution < 1.29 is 22.8 Å². The number of oxazole rings is 1. The highest BCUT2D eigenvalue weighted by Crippen LogP contribution is 2.30. The summed E-state index contributed by atoms with van der Waals surface area (Å²) in [4.78, 5) is 11.7. The molecule has 0 aliphatic rings. The molecule has 0 bridgehead atoms. The van der Waals surface area contributed by atoms with E-state index in [-0.39, 0.29) is 29.0 Å². The van der Waals surface area contributed by atoms with Gasteiger partial charge in [-0.1, -0.05) is 5.16 Å². The molecule has 3 rings (SSSR count). The van der Waals surface area contributed by atoms with Crippen LogP contribution in [0.25, 0.3) is 11.5 Å². The Morgan fingerprint density at radius 1 is 1.08 bits per heavy atom. The van der Waals surface area contributed by atoms with Crippen LogP contribution in [0.1, 0.15) is 11.3 Å². The van der Waals surface area contributed by atoms with Gasteiger partial charge in [-0.3, -0.25) is 9.97 Å². The molecule has 0 saturated carbocycles. The molecule has 8 nitrogen and oxygen atoms in total. The van der Waals surface area contributed by atoms with E-state index in [4.69, 9.17) is 15.4 Å². The maximum atomic E-state index is 12.5. The average molecular weight is 364 g/mol. The van der Waals surface area contributed by atoms with Crippen LogP contribution in [-0.4, -0.2) is 26.0 Å². The van der Waals surface area contributed by atoms with Gasteiger partial charge >= 0.3 is 6.18 Å². The third-order valence-electron chi connectivity index (χ3n) is 3.23. The summed E-state index contributed by atoms with van der Waals surface area (Å²) in [6, 6.07) is 5.31. The van der Waals surface area contributed by atoms with Crippen LogP contribution in [0.2, 0.25) is 0 Å². The van der Waals surface area contributed by atoms with E-state index in [1.165, 1.54) is 24.5 Å². The fraction of sp³-hybridized carbons (Fsp3) is 0.0667. The van der Waals surface area contributed by atoms with E-state index >= 15 is 0 Å². The molecule has 0 saturated heterocycles. The van der Waals surface area contributed by atoms with Gasteiger partial charge in [-0.2, -0.15) is 13.2 Å². The number of aromatic nitrogens is 3. The Labute approximate surface area is 144 Å². The molecule has 0 atom stereocenters. The highest BCUT2D eigenvalue weighted by atomic mass is 19.4. The van der Waals surface area contributed by atoms with Gasteiger partial charge in [-0.25, -0.2) is 4.98 Å². The molecule has 0 aliphatic heterocycles. The quantitative estimate of drug-likeness (QED) is 0.281. The normalized spacial score (nSPS) is 12.2. The number of alkyl halides is 3. The van der Waals surface area contributed by atoms with Crippen molar-refractivity contribution in [1.29, 1.82) is 0 Å². The summed E-state index contributed by atoms with van der Waals surface area (Å²) >= 11 is 0. The molecule has 11 heteroatoms. The summed E-state index contributed by atoms with van der Waals surface area (Å²) < 4.78 is 43.1. The average Bonchev–Trinajstić information content (AvgIpc) is 3.09. The lowest BCUT2D eigenvalue weighted by Gasteiger charge is -2.05. The standard InChI is InChI=1S/C15H11F3N6O2/c16-15(17,18)8-1-3-10(20-5-8)12-7-22-14(26-12)23-9-2-4-11(21-6-9)13(19)24-25/h1-7,25H,(H2,19,24)(H,22,23). The molecule has 3 heterocycles. The van der Waals surface area contributed by atoms with Crippen LogP contribution in [0.4, 0.5) is 24.9 Å². The third kappa shape index (κ3) is 3.71. The molecule has 0 amide bonds. The molecule has 3 aromatic rings. The van der Waals surface area contributed by atoms with Gasteiger partial charge in [0.25, 0.3) is 6.01 Å². The van der Waals surface area contributed by atoms with Crippen molar-refractivity contribution in [2.75, 3.05) is 5.32 Å². The predicted octanol–water partition coefficient (Wildman–Crippen LogP) is 2.99. The minimum absolute atomic E-state index is 0.0973. The number of oxime groups is 1. The van der Waals surface area contributed by atoms with Gasteiger partial charge in [0, 0.05) is 6.20 Å². The van der Waals surface area contributed by atoms with E-state index in [1.807, 2.05) is 0 Å². The topological polar surface area (TPSA) is 122 Å². The minimum atomic E-state index is -4.46. The minimum Gasteiger partial charge on any atom is -0.422 e. The summed E-state index contributed by atoms with van der Waals surface area (Å²) in [5.74, 6) is 0.0609. The monoisotopic (exact) mass is 364 g/mol. The maximum Gasteiger partial charge on any atom is 0.417 e. The molecule has 0 radical (unpaired) electrons. The Bertz CT molecular complexity index is 920. The first kappa shape index (κ1) is 17.2. The largest absolute Gasteiger partial charge is 0.422 e. The fourth-order valence-electron chi connectivity index (χ4n) is 1.95. The third-order valence-corrected chi connectivity index (χ3v) is 3.23. The van der Waals surface area contributed by atoms with Gasteiger partial charge in [0.15, 0.2) is 11.6 Å². The van der Waals surface area contributed by atoms with Gasteiger partial charge in [0.1, 0.15) is 11.4 Å². The molecule has 0 aromatic carbocycles. The molecule has 0 unspecified atom stereocenters. The Balaban J connectivity index is 1.74. The highest BCUT2D eigenvalue weighted by Gasteiger charge is 2.30. The number of anilines is 2.